The van der Waals surface area contributed by atoms with Crippen molar-refractivity contribution < 1.29 is 105 Å². The van der Waals surface area contributed by atoms with E-state index in [4.69, 9.17) is 20.6 Å². The maximum Gasteiger partial charge on any atom is 1.00 e. The molecule has 2 aromatic rings. The first-order valence-electron chi connectivity index (χ1n) is 6.81. The predicted octanol–water partition coefficient (Wildman–Crippen LogP) is -8.23. The van der Waals surface area contributed by atoms with Gasteiger partial charge >= 0.3 is 59.1 Å². The first-order valence-corrected chi connectivity index (χ1v) is 9.69. The number of rotatable bonds is 4. The maximum atomic E-state index is 10.7. The molecule has 0 fully saturated rings. The number of anilines is 2. The van der Waals surface area contributed by atoms with E-state index >= 15 is 0 Å². The van der Waals surface area contributed by atoms with Crippen LogP contribution in [0.1, 0.15) is 20.7 Å². The number of benzene rings is 2. The average molecular weight is 478 g/mol. The molecule has 0 spiro atoms. The third kappa shape index (κ3) is 8.89. The van der Waals surface area contributed by atoms with Crippen molar-refractivity contribution in [1.82, 2.24) is 0 Å². The van der Waals surface area contributed by atoms with Gasteiger partial charge in [-0.3, -0.25) is 9.11 Å². The summed E-state index contributed by atoms with van der Waals surface area (Å²) >= 11 is 0. The minimum absolute atomic E-state index is 0. The predicted molar refractivity (Wildman–Crippen MR) is 90.0 cm³/mol. The quantitative estimate of drug-likeness (QED) is 0.182. The Hall–Kier alpha value is -1.20. The van der Waals surface area contributed by atoms with Crippen LogP contribution in [0.4, 0.5) is 11.4 Å². The van der Waals surface area contributed by atoms with E-state index in [1.54, 1.807) is 0 Å². The molecule has 2 rings (SSSR count). The second kappa shape index (κ2) is 12.0. The van der Waals surface area contributed by atoms with E-state index in [2.05, 4.69) is 0 Å². The fourth-order valence-electron chi connectivity index (χ4n) is 1.84. The fourth-order valence-corrected chi connectivity index (χ4v) is 3.27. The number of carboxylic acid groups (broad SMARTS) is 2. The number of hydrogen-bond donors (Lipinski definition) is 4. The van der Waals surface area contributed by atoms with Gasteiger partial charge in [0.2, 0.25) is 0 Å². The van der Waals surface area contributed by atoms with Crippen molar-refractivity contribution in [3.05, 3.63) is 47.5 Å². The molecule has 2 aromatic carbocycles. The van der Waals surface area contributed by atoms with E-state index in [0.717, 1.165) is 24.3 Å². The third-order valence-corrected chi connectivity index (χ3v) is 4.79. The monoisotopic (exact) mass is 478 g/mol. The first-order chi connectivity index (χ1) is 12.6. The number of nitrogens with two attached hydrogens (primary N) is 2. The van der Waals surface area contributed by atoms with Crippen molar-refractivity contribution in [3.63, 3.8) is 0 Å². The van der Waals surface area contributed by atoms with Crippen molar-refractivity contribution >= 4 is 43.5 Å². The van der Waals surface area contributed by atoms with Crippen LogP contribution in [0.5, 0.6) is 0 Å². The molecular formula is C14H12N2Na2O10S2. The van der Waals surface area contributed by atoms with Gasteiger partial charge in [0.05, 0.1) is 11.9 Å². The Morgan fingerprint density at radius 1 is 0.700 bits per heavy atom. The summed E-state index contributed by atoms with van der Waals surface area (Å²) in [4.78, 5) is 19.4. The molecule has 0 atom stereocenters. The number of hydrogen-bond acceptors (Lipinski definition) is 10. The molecule has 16 heteroatoms. The average Bonchev–Trinajstić information content (AvgIpc) is 2.53. The van der Waals surface area contributed by atoms with Crippen LogP contribution >= 0.6 is 0 Å². The molecule has 0 aliphatic carbocycles. The normalized spacial score (nSPS) is 10.5. The Morgan fingerprint density at radius 3 is 1.17 bits per heavy atom. The summed E-state index contributed by atoms with van der Waals surface area (Å²) in [5.41, 5.74) is 9.28. The molecule has 0 saturated carbocycles. The van der Waals surface area contributed by atoms with Gasteiger partial charge in [-0.15, -0.1) is 0 Å². The summed E-state index contributed by atoms with van der Waals surface area (Å²) in [7, 11) is -9.20. The molecule has 12 nitrogen and oxygen atoms in total. The number of carbonyl (C=O) groups is 2. The Labute approximate surface area is 215 Å². The molecule has 30 heavy (non-hydrogen) atoms. The standard InChI is InChI=1S/2C7H7NO5S.2Na/c2*8-4-1-2-5(7(9)10)6(3-4)14(11,12)13;;/h2*1-3H,8H2,(H,9,10)(H,11,12,13);;/q;;2*+1/p-2. The van der Waals surface area contributed by atoms with Crippen molar-refractivity contribution in [2.24, 2.45) is 0 Å². The van der Waals surface area contributed by atoms with Crippen molar-refractivity contribution in [3.8, 4) is 0 Å². The number of nitrogen functional groups attached to an aromatic ring is 2. The Balaban J connectivity index is 0. The first kappa shape index (κ1) is 31.0. The molecule has 152 valence electrons. The Morgan fingerprint density at radius 2 is 0.967 bits per heavy atom. The fraction of sp³-hybridized carbons (Fsp3) is 0. The van der Waals surface area contributed by atoms with Crippen LogP contribution in [0.15, 0.2) is 46.2 Å². The van der Waals surface area contributed by atoms with Gasteiger partial charge < -0.3 is 31.3 Å². The number of carboxylic acids is 2. The van der Waals surface area contributed by atoms with Gasteiger partial charge in [0.15, 0.2) is 0 Å². The van der Waals surface area contributed by atoms with E-state index in [1.807, 2.05) is 0 Å². The van der Waals surface area contributed by atoms with Crippen LogP contribution in [-0.4, -0.2) is 37.9 Å². The van der Waals surface area contributed by atoms with Crippen LogP contribution in [0.3, 0.4) is 0 Å². The minimum atomic E-state index is -4.60. The van der Waals surface area contributed by atoms with Crippen molar-refractivity contribution in [1.29, 1.82) is 0 Å². The van der Waals surface area contributed by atoms with Crippen molar-refractivity contribution in [2.75, 3.05) is 11.5 Å². The van der Waals surface area contributed by atoms with E-state index < -0.39 is 53.1 Å². The molecule has 0 aliphatic heterocycles. The van der Waals surface area contributed by atoms with Crippen LogP contribution < -0.4 is 80.8 Å². The molecule has 0 unspecified atom stereocenters. The zero-order chi connectivity index (χ0) is 21.9. The smallest absolute Gasteiger partial charge is 0.545 e. The van der Waals surface area contributed by atoms with E-state index in [0.29, 0.717) is 0 Å². The van der Waals surface area contributed by atoms with E-state index in [-0.39, 0.29) is 70.5 Å². The molecule has 0 saturated heterocycles. The van der Waals surface area contributed by atoms with Gasteiger partial charge in [-0.1, -0.05) is 0 Å². The molecule has 0 aliphatic rings. The van der Waals surface area contributed by atoms with Gasteiger partial charge in [0.25, 0.3) is 20.2 Å². The van der Waals surface area contributed by atoms with Crippen LogP contribution in [0, 0.1) is 0 Å². The van der Waals surface area contributed by atoms with E-state index in [1.165, 1.54) is 12.1 Å². The third-order valence-electron chi connectivity index (χ3n) is 3.01. The molecule has 0 heterocycles. The van der Waals surface area contributed by atoms with Gasteiger partial charge in [-0.25, -0.2) is 0 Å². The zero-order valence-corrected chi connectivity index (χ0v) is 21.2. The molecule has 0 amide bonds. The van der Waals surface area contributed by atoms with Crippen molar-refractivity contribution in [2.45, 2.75) is 9.79 Å². The van der Waals surface area contributed by atoms with E-state index in [9.17, 15) is 36.6 Å². The topological polar surface area (TPSA) is 241 Å². The van der Waals surface area contributed by atoms with Crippen LogP contribution in [0.25, 0.3) is 0 Å². The summed E-state index contributed by atoms with van der Waals surface area (Å²) in [6, 6.07) is 5.99. The number of aromatic carboxylic acids is 2. The molecule has 0 bridgehead atoms. The van der Waals surface area contributed by atoms with Gasteiger partial charge in [0.1, 0.15) is 9.79 Å². The Bertz CT molecular complexity index is 1060. The molecule has 0 aromatic heterocycles. The second-order valence-corrected chi connectivity index (χ2v) is 7.82. The Kier molecular flexibility index (Phi) is 12.4. The van der Waals surface area contributed by atoms with Crippen LogP contribution in [-0.2, 0) is 20.2 Å². The largest absolute Gasteiger partial charge is 1.00 e. The molecule has 0 radical (unpaired) electrons. The maximum absolute atomic E-state index is 10.7. The van der Waals surface area contributed by atoms with Gasteiger partial charge in [0, 0.05) is 22.5 Å². The summed E-state index contributed by atoms with van der Waals surface area (Å²) in [5.74, 6) is -3.39. The SMILES string of the molecule is Nc1ccc(C(=O)[O-])c(S(=O)(=O)O)c1.Nc1ccc(C(=O)[O-])c(S(=O)(=O)O)c1.[Na+].[Na+]. The minimum Gasteiger partial charge on any atom is -0.545 e. The van der Waals surface area contributed by atoms with Gasteiger partial charge in [-0.05, 0) is 36.4 Å². The molecular weight excluding hydrogens is 466 g/mol. The summed E-state index contributed by atoms with van der Waals surface area (Å²) in [5, 5.41) is 20.9. The number of carbonyl (C=O) groups excluding carboxylic acids is 2. The molecule has 6 N–H and O–H groups in total. The summed E-state index contributed by atoms with van der Waals surface area (Å²) in [6.07, 6.45) is 0. The summed E-state index contributed by atoms with van der Waals surface area (Å²) < 4.78 is 60.2. The van der Waals surface area contributed by atoms with Gasteiger partial charge in [-0.2, -0.15) is 16.8 Å². The second-order valence-electron chi connectivity index (χ2n) is 5.04. The summed E-state index contributed by atoms with van der Waals surface area (Å²) in [6.45, 7) is 0. The van der Waals surface area contributed by atoms with Crippen LogP contribution in [0.2, 0.25) is 0 Å². The zero-order valence-electron chi connectivity index (χ0n) is 15.6.